The average molecular weight is 221 g/mol. The lowest BCUT2D eigenvalue weighted by atomic mass is 10.3. The topological polar surface area (TPSA) is 9.23 Å². The first-order valence-corrected chi connectivity index (χ1v) is 5.58. The molecule has 0 bridgehead atoms. The van der Waals surface area contributed by atoms with Gasteiger partial charge in [0.15, 0.2) is 11.6 Å². The van der Waals surface area contributed by atoms with Gasteiger partial charge in [-0.2, -0.15) is 11.8 Å². The molecule has 1 aromatic carbocycles. The smallest absolute Gasteiger partial charge is 0.173 e. The van der Waals surface area contributed by atoms with Gasteiger partial charge in [0.25, 0.3) is 0 Å². The summed E-state index contributed by atoms with van der Waals surface area (Å²) in [5.74, 6) is 0.566. The lowest BCUT2D eigenvalue weighted by molar-refractivity contribution is 0.325. The van der Waals surface area contributed by atoms with E-state index in [4.69, 9.17) is 16.3 Å². The zero-order valence-corrected chi connectivity index (χ0v) is 8.79. The van der Waals surface area contributed by atoms with Gasteiger partial charge in [-0.3, -0.25) is 0 Å². The molecule has 0 heterocycles. The first-order valence-electron chi connectivity index (χ1n) is 3.81. The van der Waals surface area contributed by atoms with Crippen LogP contribution in [-0.2, 0) is 0 Å². The molecule has 0 aliphatic heterocycles. The number of ether oxygens (including phenoxy) is 1. The third-order valence-electron chi connectivity index (χ3n) is 1.45. The summed E-state index contributed by atoms with van der Waals surface area (Å²) < 4.78 is 18.2. The molecular formula is C9H10ClFOS. The minimum Gasteiger partial charge on any atom is -0.488 e. The highest BCUT2D eigenvalue weighted by atomic mass is 35.5. The zero-order chi connectivity index (χ0) is 9.68. The standard InChI is InChI=1S/C9H10ClFOS/c1-13-6-5-12-9-7(10)3-2-4-8(9)11/h2-4H,5-6H2,1H3. The van der Waals surface area contributed by atoms with E-state index in [1.165, 1.54) is 6.07 Å². The Bertz CT molecular complexity index is 260. The lowest BCUT2D eigenvalue weighted by Crippen LogP contribution is -2.01. The maximum Gasteiger partial charge on any atom is 0.173 e. The van der Waals surface area contributed by atoms with Crippen LogP contribution in [0.2, 0.25) is 5.02 Å². The Morgan fingerprint density at radius 3 is 2.92 bits per heavy atom. The van der Waals surface area contributed by atoms with Crippen molar-refractivity contribution in [3.63, 3.8) is 0 Å². The summed E-state index contributed by atoms with van der Waals surface area (Å²) in [5.41, 5.74) is 0. The summed E-state index contributed by atoms with van der Waals surface area (Å²) in [6.07, 6.45) is 1.96. The van der Waals surface area contributed by atoms with Crippen molar-refractivity contribution < 1.29 is 9.13 Å². The number of hydrogen-bond acceptors (Lipinski definition) is 2. The number of hydrogen-bond donors (Lipinski definition) is 0. The molecule has 0 fully saturated rings. The predicted octanol–water partition coefficient (Wildman–Crippen LogP) is 3.22. The van der Waals surface area contributed by atoms with Crippen molar-refractivity contribution in [2.24, 2.45) is 0 Å². The first-order chi connectivity index (χ1) is 6.25. The van der Waals surface area contributed by atoms with Crippen LogP contribution in [0.3, 0.4) is 0 Å². The molecule has 0 aliphatic rings. The second-order valence-electron chi connectivity index (χ2n) is 2.39. The molecule has 0 radical (unpaired) electrons. The van der Waals surface area contributed by atoms with Crippen LogP contribution in [-0.4, -0.2) is 18.6 Å². The molecule has 0 saturated carbocycles. The largest absolute Gasteiger partial charge is 0.488 e. The van der Waals surface area contributed by atoms with Crippen molar-refractivity contribution in [2.75, 3.05) is 18.6 Å². The molecule has 1 nitrogen and oxygen atoms in total. The summed E-state index contributed by atoms with van der Waals surface area (Å²) in [6.45, 7) is 0.474. The van der Waals surface area contributed by atoms with Crippen LogP contribution in [0, 0.1) is 5.82 Å². The van der Waals surface area contributed by atoms with E-state index in [1.54, 1.807) is 23.9 Å². The number of thioether (sulfide) groups is 1. The highest BCUT2D eigenvalue weighted by molar-refractivity contribution is 7.98. The molecular weight excluding hydrogens is 211 g/mol. The van der Waals surface area contributed by atoms with Crippen molar-refractivity contribution in [1.29, 1.82) is 0 Å². The number of halogens is 2. The van der Waals surface area contributed by atoms with Crippen molar-refractivity contribution >= 4 is 23.4 Å². The molecule has 0 N–H and O–H groups in total. The minimum atomic E-state index is -0.409. The third-order valence-corrected chi connectivity index (χ3v) is 2.33. The van der Waals surface area contributed by atoms with Crippen LogP contribution in [0.5, 0.6) is 5.75 Å². The molecule has 1 rings (SSSR count). The van der Waals surface area contributed by atoms with Crippen molar-refractivity contribution in [2.45, 2.75) is 0 Å². The highest BCUT2D eigenvalue weighted by Gasteiger charge is 2.06. The Kier molecular flexibility index (Phi) is 4.39. The normalized spacial score (nSPS) is 10.1. The quantitative estimate of drug-likeness (QED) is 0.721. The maximum atomic E-state index is 13.1. The number of rotatable bonds is 4. The average Bonchev–Trinajstić information content (AvgIpc) is 2.10. The second kappa shape index (κ2) is 5.35. The summed E-state index contributed by atoms with van der Waals surface area (Å²) in [4.78, 5) is 0. The fraction of sp³-hybridized carbons (Fsp3) is 0.333. The molecule has 0 spiro atoms. The third kappa shape index (κ3) is 3.08. The van der Waals surface area contributed by atoms with Gasteiger partial charge >= 0.3 is 0 Å². The number of para-hydroxylation sites is 1. The Balaban J connectivity index is 2.64. The second-order valence-corrected chi connectivity index (χ2v) is 3.78. The van der Waals surface area contributed by atoms with Gasteiger partial charge in [-0.1, -0.05) is 17.7 Å². The summed E-state index contributed by atoms with van der Waals surface area (Å²) >= 11 is 7.38. The van der Waals surface area contributed by atoms with Crippen molar-refractivity contribution in [3.8, 4) is 5.75 Å². The lowest BCUT2D eigenvalue weighted by Gasteiger charge is -2.07. The van der Waals surface area contributed by atoms with Gasteiger partial charge in [-0.15, -0.1) is 0 Å². The first kappa shape index (κ1) is 10.7. The number of benzene rings is 1. The van der Waals surface area contributed by atoms with Gasteiger partial charge in [0, 0.05) is 5.75 Å². The fourth-order valence-electron chi connectivity index (χ4n) is 0.847. The molecule has 1 aromatic rings. The summed E-state index contributed by atoms with van der Waals surface area (Å²) in [5, 5.41) is 0.320. The molecule has 0 aromatic heterocycles. The minimum absolute atomic E-state index is 0.151. The van der Waals surface area contributed by atoms with Crippen LogP contribution in [0.1, 0.15) is 0 Å². The molecule has 0 unspecified atom stereocenters. The van der Waals surface area contributed by atoms with E-state index in [0.717, 1.165) is 5.75 Å². The van der Waals surface area contributed by atoms with Crippen LogP contribution in [0.25, 0.3) is 0 Å². The van der Waals surface area contributed by atoms with E-state index < -0.39 is 5.82 Å². The van der Waals surface area contributed by atoms with Gasteiger partial charge in [-0.25, -0.2) is 4.39 Å². The molecule has 0 amide bonds. The fourth-order valence-corrected chi connectivity index (χ4v) is 1.32. The molecule has 13 heavy (non-hydrogen) atoms. The predicted molar refractivity (Wildman–Crippen MR) is 55.3 cm³/mol. The van der Waals surface area contributed by atoms with E-state index in [0.29, 0.717) is 11.6 Å². The van der Waals surface area contributed by atoms with Gasteiger partial charge in [-0.05, 0) is 18.4 Å². The van der Waals surface area contributed by atoms with Crippen molar-refractivity contribution in [1.82, 2.24) is 0 Å². The Morgan fingerprint density at radius 1 is 1.54 bits per heavy atom. The highest BCUT2D eigenvalue weighted by Crippen LogP contribution is 2.27. The van der Waals surface area contributed by atoms with E-state index in [1.807, 2.05) is 6.26 Å². The summed E-state index contributed by atoms with van der Waals surface area (Å²) in [7, 11) is 0. The molecule has 72 valence electrons. The van der Waals surface area contributed by atoms with Gasteiger partial charge in [0.1, 0.15) is 0 Å². The van der Waals surface area contributed by atoms with E-state index in [9.17, 15) is 4.39 Å². The van der Waals surface area contributed by atoms with E-state index >= 15 is 0 Å². The van der Waals surface area contributed by atoms with Crippen molar-refractivity contribution in [3.05, 3.63) is 29.0 Å². The Morgan fingerprint density at radius 2 is 2.31 bits per heavy atom. The van der Waals surface area contributed by atoms with Crippen LogP contribution in [0.4, 0.5) is 4.39 Å². The van der Waals surface area contributed by atoms with Crippen LogP contribution >= 0.6 is 23.4 Å². The Hall–Kier alpha value is -0.410. The van der Waals surface area contributed by atoms with E-state index in [-0.39, 0.29) is 5.75 Å². The molecule has 0 atom stereocenters. The monoisotopic (exact) mass is 220 g/mol. The zero-order valence-electron chi connectivity index (χ0n) is 7.22. The SMILES string of the molecule is CSCCOc1c(F)cccc1Cl. The molecule has 0 saturated heterocycles. The van der Waals surface area contributed by atoms with Crippen LogP contribution < -0.4 is 4.74 Å². The maximum absolute atomic E-state index is 13.1. The molecule has 4 heteroatoms. The Labute approximate surface area is 86.2 Å². The van der Waals surface area contributed by atoms with Gasteiger partial charge in [0.2, 0.25) is 0 Å². The summed E-state index contributed by atoms with van der Waals surface area (Å²) in [6, 6.07) is 4.50. The molecule has 0 aliphatic carbocycles. The van der Waals surface area contributed by atoms with Gasteiger partial charge in [0.05, 0.1) is 11.6 Å². The van der Waals surface area contributed by atoms with E-state index in [2.05, 4.69) is 0 Å². The van der Waals surface area contributed by atoms with Gasteiger partial charge < -0.3 is 4.74 Å². The van der Waals surface area contributed by atoms with Crippen LogP contribution in [0.15, 0.2) is 18.2 Å².